The summed E-state index contributed by atoms with van der Waals surface area (Å²) in [5.74, 6) is -2.72. The maximum absolute atomic E-state index is 12.4. The number of aliphatic carboxylic acids is 2. The molecule has 11 heteroatoms. The lowest BCUT2D eigenvalue weighted by atomic mass is 9.72. The Hall–Kier alpha value is -3.51. The molecule has 3 unspecified atom stereocenters. The van der Waals surface area contributed by atoms with Crippen molar-refractivity contribution in [2.75, 3.05) is 27.7 Å². The second-order valence-corrected chi connectivity index (χ2v) is 9.73. The van der Waals surface area contributed by atoms with Crippen molar-refractivity contribution in [2.24, 2.45) is 0 Å². The Labute approximate surface area is 227 Å². The highest BCUT2D eigenvalue weighted by Gasteiger charge is 2.38. The van der Waals surface area contributed by atoms with Crippen molar-refractivity contribution in [3.8, 4) is 11.5 Å². The van der Waals surface area contributed by atoms with Gasteiger partial charge in [0.1, 0.15) is 11.5 Å². The van der Waals surface area contributed by atoms with Crippen LogP contribution in [0.2, 0.25) is 0 Å². The Morgan fingerprint density at radius 1 is 0.846 bits per heavy atom. The van der Waals surface area contributed by atoms with E-state index in [2.05, 4.69) is 4.90 Å². The van der Waals surface area contributed by atoms with Gasteiger partial charge in [-0.25, -0.2) is 14.4 Å². The molecule has 3 atom stereocenters. The number of carbonyl (C=O) groups excluding carboxylic acids is 1. The molecule has 0 radical (unpaired) electrons. The number of esters is 1. The van der Waals surface area contributed by atoms with Crippen molar-refractivity contribution in [2.45, 2.75) is 55.8 Å². The van der Waals surface area contributed by atoms with Gasteiger partial charge in [0.05, 0.1) is 18.3 Å². The molecule has 1 aliphatic rings. The van der Waals surface area contributed by atoms with E-state index in [1.54, 1.807) is 31.4 Å². The number of nitrogens with zero attached hydrogens (tertiary/aromatic N) is 1. The van der Waals surface area contributed by atoms with Gasteiger partial charge in [-0.3, -0.25) is 0 Å². The maximum atomic E-state index is 12.4. The topological polar surface area (TPSA) is 174 Å². The number of rotatable bonds is 10. The molecule has 1 fully saturated rings. The van der Waals surface area contributed by atoms with Crippen LogP contribution in [0.3, 0.4) is 0 Å². The molecular formula is C28H37NO10. The first kappa shape index (κ1) is 31.7. The zero-order valence-corrected chi connectivity index (χ0v) is 22.3. The van der Waals surface area contributed by atoms with Gasteiger partial charge in [0.25, 0.3) is 0 Å². The minimum absolute atomic E-state index is 0.0316. The van der Waals surface area contributed by atoms with Crippen LogP contribution in [-0.4, -0.2) is 93.9 Å². The van der Waals surface area contributed by atoms with Crippen LogP contribution >= 0.6 is 0 Å². The molecule has 0 spiro atoms. The average Bonchev–Trinajstić information content (AvgIpc) is 2.92. The minimum atomic E-state index is -2.27. The van der Waals surface area contributed by atoms with E-state index < -0.39 is 35.7 Å². The summed E-state index contributed by atoms with van der Waals surface area (Å²) in [6.07, 6.45) is 0.460. The number of ether oxygens (including phenoxy) is 2. The summed E-state index contributed by atoms with van der Waals surface area (Å²) in [6.45, 7) is 0.779. The highest BCUT2D eigenvalue weighted by molar-refractivity contribution is 5.91. The molecular weight excluding hydrogens is 510 g/mol. The van der Waals surface area contributed by atoms with E-state index in [0.29, 0.717) is 17.1 Å². The third kappa shape index (κ3) is 9.32. The fourth-order valence-corrected chi connectivity index (χ4v) is 4.39. The van der Waals surface area contributed by atoms with Crippen LogP contribution in [0, 0.1) is 0 Å². The summed E-state index contributed by atoms with van der Waals surface area (Å²) < 4.78 is 10.6. The van der Waals surface area contributed by atoms with Crippen LogP contribution in [-0.2, 0) is 9.59 Å². The maximum Gasteiger partial charge on any atom is 0.343 e. The summed E-state index contributed by atoms with van der Waals surface area (Å²) in [7, 11) is 5.65. The van der Waals surface area contributed by atoms with E-state index >= 15 is 0 Å². The number of hydrogen-bond acceptors (Lipinski definition) is 9. The second kappa shape index (κ2) is 14.6. The number of aliphatic hydroxyl groups excluding tert-OH is 2. The summed E-state index contributed by atoms with van der Waals surface area (Å²) in [5.41, 5.74) is 0.869. The lowest BCUT2D eigenvalue weighted by Crippen LogP contribution is -2.42. The molecule has 0 aromatic heterocycles. The molecule has 2 aromatic rings. The van der Waals surface area contributed by atoms with Gasteiger partial charge in [-0.2, -0.15) is 0 Å². The Balaban J connectivity index is 0.000000455. The Morgan fingerprint density at radius 2 is 1.33 bits per heavy atom. The predicted octanol–water partition coefficient (Wildman–Crippen LogP) is 2.13. The highest BCUT2D eigenvalue weighted by atomic mass is 16.5. The van der Waals surface area contributed by atoms with E-state index in [4.69, 9.17) is 29.9 Å². The fraction of sp³-hybridized carbons (Fsp3) is 0.464. The van der Waals surface area contributed by atoms with Crippen molar-refractivity contribution < 1.29 is 49.4 Å². The average molecular weight is 548 g/mol. The van der Waals surface area contributed by atoms with Crippen LogP contribution in [0.4, 0.5) is 0 Å². The summed E-state index contributed by atoms with van der Waals surface area (Å²) in [4.78, 5) is 34.0. The first-order valence-corrected chi connectivity index (χ1v) is 12.5. The quantitative estimate of drug-likeness (QED) is 0.218. The van der Waals surface area contributed by atoms with E-state index in [9.17, 15) is 19.5 Å². The van der Waals surface area contributed by atoms with Crippen molar-refractivity contribution in [1.82, 2.24) is 4.90 Å². The van der Waals surface area contributed by atoms with Gasteiger partial charge in [-0.05, 0) is 68.9 Å². The molecule has 0 heterocycles. The minimum Gasteiger partial charge on any atom is -0.497 e. The normalized spacial score (nSPS) is 16.7. The van der Waals surface area contributed by atoms with Crippen molar-refractivity contribution in [3.63, 3.8) is 0 Å². The summed E-state index contributed by atoms with van der Waals surface area (Å²) in [6, 6.07) is 14.4. The molecule has 39 heavy (non-hydrogen) atoms. The van der Waals surface area contributed by atoms with Gasteiger partial charge in [-0.1, -0.05) is 31.4 Å². The van der Waals surface area contributed by atoms with Crippen molar-refractivity contribution >= 4 is 17.9 Å². The molecule has 3 rings (SSSR count). The monoisotopic (exact) mass is 547 g/mol. The van der Waals surface area contributed by atoms with Crippen LogP contribution in [0.25, 0.3) is 0 Å². The zero-order chi connectivity index (χ0) is 29.2. The molecule has 214 valence electrons. The summed E-state index contributed by atoms with van der Waals surface area (Å²) >= 11 is 0. The standard InChI is InChI=1S/C24H31NO4.C4H6O6/c1-25(2)17-22(24(27)15-5-4-6-16-24)18-7-13-21(14-8-18)29-23(26)19-9-11-20(28-3)12-10-19;5-1(3(7)8)2(6)4(9)10/h7-14,22,27H,4-6,15-17H2,1-3H3;1-2,5-6H,(H,7,8)(H,9,10). The molecule has 0 saturated heterocycles. The number of methoxy groups -OCH3 is 1. The third-order valence-electron chi connectivity index (χ3n) is 6.54. The van der Waals surface area contributed by atoms with Crippen LogP contribution < -0.4 is 9.47 Å². The van der Waals surface area contributed by atoms with Gasteiger partial charge >= 0.3 is 17.9 Å². The molecule has 2 aromatic carbocycles. The van der Waals surface area contributed by atoms with Crippen molar-refractivity contribution in [3.05, 3.63) is 59.7 Å². The van der Waals surface area contributed by atoms with Crippen LogP contribution in [0.5, 0.6) is 11.5 Å². The lowest BCUT2D eigenvalue weighted by Gasteiger charge is -2.40. The van der Waals surface area contributed by atoms with Gasteiger partial charge in [0, 0.05) is 12.5 Å². The number of likely N-dealkylation sites (N-methyl/N-ethyl adjacent to an activating group) is 1. The largest absolute Gasteiger partial charge is 0.497 e. The van der Waals surface area contributed by atoms with Crippen LogP contribution in [0.15, 0.2) is 48.5 Å². The lowest BCUT2D eigenvalue weighted by molar-refractivity contribution is -0.165. The van der Waals surface area contributed by atoms with Crippen LogP contribution in [0.1, 0.15) is 53.9 Å². The number of aliphatic hydroxyl groups is 3. The number of carbonyl (C=O) groups is 3. The van der Waals surface area contributed by atoms with E-state index in [1.165, 1.54) is 6.42 Å². The first-order valence-electron chi connectivity index (χ1n) is 12.5. The third-order valence-corrected chi connectivity index (χ3v) is 6.54. The van der Waals surface area contributed by atoms with Crippen molar-refractivity contribution in [1.29, 1.82) is 0 Å². The smallest absolute Gasteiger partial charge is 0.343 e. The van der Waals surface area contributed by atoms with E-state index in [1.807, 2.05) is 38.4 Å². The van der Waals surface area contributed by atoms with E-state index in [-0.39, 0.29) is 5.92 Å². The SMILES string of the molecule is COc1ccc(C(=O)Oc2ccc(C(CN(C)C)C3(O)CCCCC3)cc2)cc1.O=C(O)C(O)C(O)C(=O)O. The predicted molar refractivity (Wildman–Crippen MR) is 141 cm³/mol. The van der Waals surface area contributed by atoms with Gasteiger partial charge in [0.15, 0.2) is 12.2 Å². The molecule has 0 bridgehead atoms. The Morgan fingerprint density at radius 3 is 1.77 bits per heavy atom. The Kier molecular flexibility index (Phi) is 11.9. The van der Waals surface area contributed by atoms with Gasteiger partial charge in [0.2, 0.25) is 0 Å². The number of hydrogen-bond donors (Lipinski definition) is 5. The number of carboxylic acid groups (broad SMARTS) is 2. The van der Waals surface area contributed by atoms with E-state index in [0.717, 1.165) is 37.8 Å². The number of benzene rings is 2. The molecule has 0 amide bonds. The summed E-state index contributed by atoms with van der Waals surface area (Å²) in [5, 5.41) is 43.8. The highest BCUT2D eigenvalue weighted by Crippen LogP contribution is 2.40. The second-order valence-electron chi connectivity index (χ2n) is 9.73. The molecule has 1 aliphatic carbocycles. The number of carboxylic acids is 2. The molecule has 5 N–H and O–H groups in total. The molecule has 0 aliphatic heterocycles. The van der Waals surface area contributed by atoms with Gasteiger partial charge < -0.3 is 39.9 Å². The molecule has 1 saturated carbocycles. The Bertz CT molecular complexity index is 1060. The fourth-order valence-electron chi connectivity index (χ4n) is 4.39. The first-order chi connectivity index (χ1) is 18.4. The van der Waals surface area contributed by atoms with Gasteiger partial charge in [-0.15, -0.1) is 0 Å². The zero-order valence-electron chi connectivity index (χ0n) is 22.3. The molecule has 11 nitrogen and oxygen atoms in total.